The van der Waals surface area contributed by atoms with Crippen molar-refractivity contribution >= 4 is 11.8 Å². The Balaban J connectivity index is 2.03. The number of amides is 2. The molecule has 0 heterocycles. The Morgan fingerprint density at radius 2 is 1.65 bits per heavy atom. The lowest BCUT2D eigenvalue weighted by molar-refractivity contribution is 0.0951. The van der Waals surface area contributed by atoms with Gasteiger partial charge in [-0.15, -0.1) is 6.58 Å². The topological polar surface area (TPSA) is 58.2 Å². The van der Waals surface area contributed by atoms with Gasteiger partial charge in [0.25, 0.3) is 11.8 Å². The zero-order chi connectivity index (χ0) is 16.7. The first-order valence-corrected chi connectivity index (χ1v) is 7.43. The Bertz CT molecular complexity index is 723. The molecule has 4 nitrogen and oxygen atoms in total. The van der Waals surface area contributed by atoms with Gasteiger partial charge in [0.05, 0.1) is 0 Å². The molecule has 0 fully saturated rings. The van der Waals surface area contributed by atoms with Gasteiger partial charge in [-0.05, 0) is 36.2 Å². The SMILES string of the molecule is C=CCNC(=O)c1cccc(C(=O)NCc2ccccc2C)c1. The van der Waals surface area contributed by atoms with Crippen LogP contribution in [0.4, 0.5) is 0 Å². The summed E-state index contributed by atoms with van der Waals surface area (Å²) in [6, 6.07) is 14.6. The van der Waals surface area contributed by atoms with Gasteiger partial charge in [0.1, 0.15) is 0 Å². The van der Waals surface area contributed by atoms with E-state index < -0.39 is 0 Å². The van der Waals surface area contributed by atoms with Gasteiger partial charge in [-0.25, -0.2) is 0 Å². The zero-order valence-electron chi connectivity index (χ0n) is 13.1. The highest BCUT2D eigenvalue weighted by Gasteiger charge is 2.10. The summed E-state index contributed by atoms with van der Waals surface area (Å²) in [5.41, 5.74) is 3.12. The van der Waals surface area contributed by atoms with E-state index in [0.717, 1.165) is 11.1 Å². The average Bonchev–Trinajstić information content (AvgIpc) is 2.58. The van der Waals surface area contributed by atoms with Crippen molar-refractivity contribution in [1.29, 1.82) is 0 Å². The molecule has 2 aromatic rings. The van der Waals surface area contributed by atoms with E-state index >= 15 is 0 Å². The number of aryl methyl sites for hydroxylation is 1. The van der Waals surface area contributed by atoms with Crippen molar-refractivity contribution in [2.24, 2.45) is 0 Å². The summed E-state index contributed by atoms with van der Waals surface area (Å²) in [5, 5.41) is 5.57. The molecule has 0 radical (unpaired) electrons. The van der Waals surface area contributed by atoms with Crippen LogP contribution in [0.15, 0.2) is 61.2 Å². The molecule has 0 aliphatic rings. The Hall–Kier alpha value is -2.88. The summed E-state index contributed by atoms with van der Waals surface area (Å²) in [5.74, 6) is -0.426. The third kappa shape index (κ3) is 4.54. The van der Waals surface area contributed by atoms with Crippen LogP contribution in [0.5, 0.6) is 0 Å². The first kappa shape index (κ1) is 16.5. The van der Waals surface area contributed by atoms with Gasteiger partial charge in [0.15, 0.2) is 0 Å². The molecule has 0 saturated carbocycles. The van der Waals surface area contributed by atoms with Crippen molar-refractivity contribution in [3.8, 4) is 0 Å². The van der Waals surface area contributed by atoms with E-state index in [9.17, 15) is 9.59 Å². The third-order valence-corrected chi connectivity index (χ3v) is 3.49. The molecule has 4 heteroatoms. The van der Waals surface area contributed by atoms with E-state index in [1.165, 1.54) is 0 Å². The van der Waals surface area contributed by atoms with Crippen LogP contribution >= 0.6 is 0 Å². The molecule has 0 spiro atoms. The first-order chi connectivity index (χ1) is 11.1. The normalized spacial score (nSPS) is 9.96. The van der Waals surface area contributed by atoms with Crippen LogP contribution in [0.2, 0.25) is 0 Å². The molecule has 2 amide bonds. The van der Waals surface area contributed by atoms with Crippen molar-refractivity contribution in [2.45, 2.75) is 13.5 Å². The molecular formula is C19H20N2O2. The molecule has 2 rings (SSSR count). The first-order valence-electron chi connectivity index (χ1n) is 7.43. The molecule has 0 atom stereocenters. The van der Waals surface area contributed by atoms with Crippen LogP contribution < -0.4 is 10.6 Å². The summed E-state index contributed by atoms with van der Waals surface area (Å²) >= 11 is 0. The van der Waals surface area contributed by atoms with Crippen LogP contribution in [-0.2, 0) is 6.54 Å². The number of benzene rings is 2. The molecule has 118 valence electrons. The van der Waals surface area contributed by atoms with E-state index in [1.54, 1.807) is 30.3 Å². The van der Waals surface area contributed by atoms with Crippen LogP contribution in [0, 0.1) is 6.92 Å². The smallest absolute Gasteiger partial charge is 0.251 e. The minimum Gasteiger partial charge on any atom is -0.349 e. The number of carbonyl (C=O) groups is 2. The van der Waals surface area contributed by atoms with Gasteiger partial charge >= 0.3 is 0 Å². The van der Waals surface area contributed by atoms with Gasteiger partial charge < -0.3 is 10.6 Å². The monoisotopic (exact) mass is 308 g/mol. The molecular weight excluding hydrogens is 288 g/mol. The van der Waals surface area contributed by atoms with Crippen LogP contribution in [0.1, 0.15) is 31.8 Å². The average molecular weight is 308 g/mol. The number of nitrogens with one attached hydrogen (secondary N) is 2. The van der Waals surface area contributed by atoms with Crippen molar-refractivity contribution in [3.05, 3.63) is 83.4 Å². The molecule has 0 saturated heterocycles. The van der Waals surface area contributed by atoms with Crippen molar-refractivity contribution < 1.29 is 9.59 Å². The molecule has 2 aromatic carbocycles. The zero-order valence-corrected chi connectivity index (χ0v) is 13.1. The largest absolute Gasteiger partial charge is 0.349 e. The summed E-state index contributed by atoms with van der Waals surface area (Å²) < 4.78 is 0. The predicted molar refractivity (Wildman–Crippen MR) is 91.3 cm³/mol. The lowest BCUT2D eigenvalue weighted by atomic mass is 10.1. The molecule has 23 heavy (non-hydrogen) atoms. The van der Waals surface area contributed by atoms with E-state index in [1.807, 2.05) is 31.2 Å². The summed E-state index contributed by atoms with van der Waals surface area (Å²) in [4.78, 5) is 24.2. The highest BCUT2D eigenvalue weighted by atomic mass is 16.2. The van der Waals surface area contributed by atoms with Gasteiger partial charge in [-0.3, -0.25) is 9.59 Å². The standard InChI is InChI=1S/C19H20N2O2/c1-3-11-20-18(22)15-9-6-10-16(12-15)19(23)21-13-17-8-5-4-7-14(17)2/h3-10,12H,1,11,13H2,2H3,(H,20,22)(H,21,23). The van der Waals surface area contributed by atoms with E-state index in [2.05, 4.69) is 17.2 Å². The Kier molecular flexibility index (Phi) is 5.69. The minimum absolute atomic E-state index is 0.202. The van der Waals surface area contributed by atoms with E-state index in [-0.39, 0.29) is 11.8 Å². The summed E-state index contributed by atoms with van der Waals surface area (Å²) in [6.45, 7) is 6.41. The lowest BCUT2D eigenvalue weighted by Crippen LogP contribution is -2.25. The molecule has 0 aliphatic carbocycles. The van der Waals surface area contributed by atoms with Crippen LogP contribution in [0.3, 0.4) is 0 Å². The Labute approximate surface area is 136 Å². The van der Waals surface area contributed by atoms with Crippen molar-refractivity contribution in [2.75, 3.05) is 6.54 Å². The lowest BCUT2D eigenvalue weighted by Gasteiger charge is -2.09. The molecule has 0 bridgehead atoms. The van der Waals surface area contributed by atoms with Gasteiger partial charge in [-0.1, -0.05) is 36.4 Å². The maximum absolute atomic E-state index is 12.3. The number of rotatable bonds is 6. The van der Waals surface area contributed by atoms with Crippen molar-refractivity contribution in [1.82, 2.24) is 10.6 Å². The summed E-state index contributed by atoms with van der Waals surface area (Å²) in [6.07, 6.45) is 1.61. The van der Waals surface area contributed by atoms with E-state index in [4.69, 9.17) is 0 Å². The second kappa shape index (κ2) is 7.94. The fourth-order valence-electron chi connectivity index (χ4n) is 2.15. The third-order valence-electron chi connectivity index (χ3n) is 3.49. The molecule has 2 N–H and O–H groups in total. The minimum atomic E-state index is -0.224. The Morgan fingerprint density at radius 3 is 2.30 bits per heavy atom. The maximum Gasteiger partial charge on any atom is 0.251 e. The van der Waals surface area contributed by atoms with Crippen molar-refractivity contribution in [3.63, 3.8) is 0 Å². The van der Waals surface area contributed by atoms with Gasteiger partial charge in [0, 0.05) is 24.2 Å². The fraction of sp³-hybridized carbons (Fsp3) is 0.158. The molecule has 0 aliphatic heterocycles. The Morgan fingerprint density at radius 1 is 1.00 bits per heavy atom. The second-order valence-corrected chi connectivity index (χ2v) is 5.19. The summed E-state index contributed by atoms with van der Waals surface area (Å²) in [7, 11) is 0. The van der Waals surface area contributed by atoms with Gasteiger partial charge in [-0.2, -0.15) is 0 Å². The molecule has 0 aromatic heterocycles. The number of carbonyl (C=O) groups excluding carboxylic acids is 2. The van der Waals surface area contributed by atoms with Gasteiger partial charge in [0.2, 0.25) is 0 Å². The molecule has 0 unspecified atom stereocenters. The highest BCUT2D eigenvalue weighted by Crippen LogP contribution is 2.08. The predicted octanol–water partition coefficient (Wildman–Crippen LogP) is 2.84. The fourth-order valence-corrected chi connectivity index (χ4v) is 2.15. The second-order valence-electron chi connectivity index (χ2n) is 5.19. The van der Waals surface area contributed by atoms with Crippen LogP contribution in [-0.4, -0.2) is 18.4 Å². The maximum atomic E-state index is 12.3. The number of hydrogen-bond acceptors (Lipinski definition) is 2. The quantitative estimate of drug-likeness (QED) is 0.806. The number of hydrogen-bond donors (Lipinski definition) is 2. The highest BCUT2D eigenvalue weighted by molar-refractivity contribution is 5.99. The van der Waals surface area contributed by atoms with Crippen LogP contribution in [0.25, 0.3) is 0 Å². The van der Waals surface area contributed by atoms with E-state index in [0.29, 0.717) is 24.2 Å².